The van der Waals surface area contributed by atoms with Crippen LogP contribution < -0.4 is 9.47 Å². The van der Waals surface area contributed by atoms with Gasteiger partial charge in [0.2, 0.25) is 5.78 Å². The molecule has 34 heavy (non-hydrogen) atoms. The first kappa shape index (κ1) is 23.9. The number of ketones is 2. The predicted molar refractivity (Wildman–Crippen MR) is 125 cm³/mol. The number of carbonyl (C=O) groups excluding carboxylic acids is 3. The van der Waals surface area contributed by atoms with Crippen molar-refractivity contribution >= 4 is 17.5 Å². The van der Waals surface area contributed by atoms with Gasteiger partial charge in [0.25, 0.3) is 5.91 Å². The van der Waals surface area contributed by atoms with Gasteiger partial charge in [-0.3, -0.25) is 19.3 Å². The Morgan fingerprint density at radius 1 is 1.03 bits per heavy atom. The number of rotatable bonds is 8. The minimum absolute atomic E-state index is 0.332. The van der Waals surface area contributed by atoms with Crippen LogP contribution in [0.4, 0.5) is 0 Å². The zero-order valence-corrected chi connectivity index (χ0v) is 19.8. The Labute approximate surface area is 199 Å². The highest BCUT2D eigenvalue weighted by atomic mass is 16.5. The van der Waals surface area contributed by atoms with Gasteiger partial charge in [-0.05, 0) is 36.8 Å². The van der Waals surface area contributed by atoms with Crippen molar-refractivity contribution in [3.63, 3.8) is 0 Å². The van der Waals surface area contributed by atoms with E-state index in [9.17, 15) is 14.4 Å². The van der Waals surface area contributed by atoms with Crippen molar-refractivity contribution in [1.29, 1.82) is 0 Å². The molecule has 2 aliphatic heterocycles. The van der Waals surface area contributed by atoms with E-state index in [1.165, 1.54) is 4.90 Å². The highest BCUT2D eigenvalue weighted by Gasteiger charge is 2.52. The van der Waals surface area contributed by atoms with Crippen LogP contribution in [0.25, 0.3) is 0 Å². The fourth-order valence-electron chi connectivity index (χ4n) is 4.77. The van der Waals surface area contributed by atoms with Gasteiger partial charge in [0.05, 0.1) is 33.5 Å². The average molecular weight is 467 g/mol. The summed E-state index contributed by atoms with van der Waals surface area (Å²) in [6, 6.07) is 11.6. The van der Waals surface area contributed by atoms with Crippen LogP contribution in [0, 0.1) is 12.8 Å². The normalized spacial score (nSPS) is 21.1. The van der Waals surface area contributed by atoms with Crippen molar-refractivity contribution < 1.29 is 28.6 Å². The Balaban J connectivity index is 1.72. The molecular formula is C26H30N2O6. The van der Waals surface area contributed by atoms with Crippen LogP contribution >= 0.6 is 0 Å². The Hall–Kier alpha value is -3.23. The van der Waals surface area contributed by atoms with E-state index < -0.39 is 23.7 Å². The molecule has 2 heterocycles. The number of benzene rings is 2. The quantitative estimate of drug-likeness (QED) is 0.335. The lowest BCUT2D eigenvalue weighted by atomic mass is 9.84. The van der Waals surface area contributed by atoms with Crippen LogP contribution in [0.5, 0.6) is 11.5 Å². The second-order valence-corrected chi connectivity index (χ2v) is 8.53. The standard InChI is InChI=1S/C26H30N2O6/c1-17-16-18(32-2)8-9-19(17)24(29)22-23(20-6-4-5-7-21(20)33-3)28(26(31)25(22)30)11-10-27-12-14-34-15-13-27/h4-9,16,22-23H,10-15H2,1-3H3. The fourth-order valence-corrected chi connectivity index (χ4v) is 4.77. The molecule has 0 saturated carbocycles. The van der Waals surface area contributed by atoms with E-state index in [1.807, 2.05) is 18.2 Å². The minimum atomic E-state index is -1.15. The summed E-state index contributed by atoms with van der Waals surface area (Å²) in [5.74, 6) is -1.68. The molecule has 0 spiro atoms. The number of morpholine rings is 1. The molecule has 4 rings (SSSR count). The second-order valence-electron chi connectivity index (χ2n) is 8.53. The number of ether oxygens (including phenoxy) is 3. The smallest absolute Gasteiger partial charge is 0.291 e. The lowest BCUT2D eigenvalue weighted by Crippen LogP contribution is -2.43. The molecule has 2 fully saturated rings. The Morgan fingerprint density at radius 3 is 2.44 bits per heavy atom. The number of nitrogens with zero attached hydrogens (tertiary/aromatic N) is 2. The summed E-state index contributed by atoms with van der Waals surface area (Å²) >= 11 is 0. The highest BCUT2D eigenvalue weighted by molar-refractivity contribution is 6.44. The molecule has 2 atom stereocenters. The summed E-state index contributed by atoms with van der Waals surface area (Å²) in [6.07, 6.45) is 0. The molecule has 2 aliphatic rings. The van der Waals surface area contributed by atoms with Crippen molar-refractivity contribution in [3.8, 4) is 11.5 Å². The number of amides is 1. The first-order valence-electron chi connectivity index (χ1n) is 11.4. The third-order valence-corrected chi connectivity index (χ3v) is 6.61. The van der Waals surface area contributed by atoms with Crippen molar-refractivity contribution in [2.75, 3.05) is 53.6 Å². The third kappa shape index (κ3) is 4.56. The Bertz CT molecular complexity index is 1080. The van der Waals surface area contributed by atoms with Gasteiger partial charge in [-0.2, -0.15) is 0 Å². The summed E-state index contributed by atoms with van der Waals surface area (Å²) in [4.78, 5) is 44.0. The second kappa shape index (κ2) is 10.4. The minimum Gasteiger partial charge on any atom is -0.497 e. The van der Waals surface area contributed by atoms with Gasteiger partial charge >= 0.3 is 0 Å². The van der Waals surface area contributed by atoms with E-state index in [-0.39, 0.29) is 5.78 Å². The first-order chi connectivity index (χ1) is 16.5. The van der Waals surface area contributed by atoms with Crippen LogP contribution in [0.2, 0.25) is 0 Å². The van der Waals surface area contributed by atoms with E-state index in [0.717, 1.165) is 13.1 Å². The molecule has 8 heteroatoms. The van der Waals surface area contributed by atoms with Crippen LogP contribution in [0.3, 0.4) is 0 Å². The molecule has 2 aromatic rings. The van der Waals surface area contributed by atoms with Crippen molar-refractivity contribution in [3.05, 3.63) is 59.2 Å². The zero-order chi connectivity index (χ0) is 24.2. The number of methoxy groups -OCH3 is 2. The summed E-state index contributed by atoms with van der Waals surface area (Å²) in [5.41, 5.74) is 1.74. The van der Waals surface area contributed by atoms with Crippen LogP contribution in [-0.4, -0.2) is 80.9 Å². The maximum atomic E-state index is 13.7. The van der Waals surface area contributed by atoms with Gasteiger partial charge in [0.15, 0.2) is 5.78 Å². The number of likely N-dealkylation sites (tertiary alicyclic amines) is 1. The number of hydrogen-bond acceptors (Lipinski definition) is 7. The molecular weight excluding hydrogens is 436 g/mol. The Morgan fingerprint density at radius 2 is 1.76 bits per heavy atom. The molecule has 1 amide bonds. The zero-order valence-electron chi connectivity index (χ0n) is 19.8. The van der Waals surface area contributed by atoms with Gasteiger partial charge in [-0.15, -0.1) is 0 Å². The van der Waals surface area contributed by atoms with Gasteiger partial charge in [0.1, 0.15) is 17.4 Å². The van der Waals surface area contributed by atoms with Crippen molar-refractivity contribution in [1.82, 2.24) is 9.80 Å². The number of Topliss-reactive ketones (excluding diaryl/α,β-unsaturated/α-hetero) is 2. The largest absolute Gasteiger partial charge is 0.497 e. The molecule has 0 bridgehead atoms. The third-order valence-electron chi connectivity index (χ3n) is 6.61. The summed E-state index contributed by atoms with van der Waals surface area (Å²) in [6.45, 7) is 5.53. The van der Waals surface area contributed by atoms with Crippen LogP contribution in [0.1, 0.15) is 27.5 Å². The molecule has 0 radical (unpaired) electrons. The maximum absolute atomic E-state index is 13.7. The first-order valence-corrected chi connectivity index (χ1v) is 11.4. The molecule has 2 aromatic carbocycles. The van der Waals surface area contributed by atoms with E-state index in [1.54, 1.807) is 45.4 Å². The van der Waals surface area contributed by atoms with Gasteiger partial charge in [0, 0.05) is 37.3 Å². The molecule has 0 aromatic heterocycles. The number of carbonyl (C=O) groups is 3. The molecule has 180 valence electrons. The highest BCUT2D eigenvalue weighted by Crippen LogP contribution is 2.42. The molecule has 2 saturated heterocycles. The van der Waals surface area contributed by atoms with Crippen molar-refractivity contribution in [2.24, 2.45) is 5.92 Å². The number of para-hydroxylation sites is 1. The van der Waals surface area contributed by atoms with Gasteiger partial charge in [-0.25, -0.2) is 0 Å². The lowest BCUT2D eigenvalue weighted by molar-refractivity contribution is -0.141. The molecule has 0 N–H and O–H groups in total. The van der Waals surface area contributed by atoms with E-state index >= 15 is 0 Å². The molecule has 8 nitrogen and oxygen atoms in total. The fraction of sp³-hybridized carbons (Fsp3) is 0.423. The maximum Gasteiger partial charge on any atom is 0.291 e. The van der Waals surface area contributed by atoms with Crippen LogP contribution in [0.15, 0.2) is 42.5 Å². The number of aryl methyl sites for hydroxylation is 1. The summed E-state index contributed by atoms with van der Waals surface area (Å²) in [5, 5.41) is 0. The lowest BCUT2D eigenvalue weighted by Gasteiger charge is -2.32. The summed E-state index contributed by atoms with van der Waals surface area (Å²) in [7, 11) is 3.10. The van der Waals surface area contributed by atoms with E-state index in [0.29, 0.717) is 54.5 Å². The predicted octanol–water partition coefficient (Wildman–Crippen LogP) is 2.30. The Kier molecular flexibility index (Phi) is 7.29. The van der Waals surface area contributed by atoms with Gasteiger partial charge < -0.3 is 19.1 Å². The van der Waals surface area contributed by atoms with E-state index in [2.05, 4.69) is 4.90 Å². The summed E-state index contributed by atoms with van der Waals surface area (Å²) < 4.78 is 16.2. The number of hydrogen-bond donors (Lipinski definition) is 0. The van der Waals surface area contributed by atoms with Crippen LogP contribution in [-0.2, 0) is 14.3 Å². The monoisotopic (exact) mass is 466 g/mol. The van der Waals surface area contributed by atoms with Gasteiger partial charge in [-0.1, -0.05) is 18.2 Å². The SMILES string of the molecule is COc1ccc(C(=O)C2C(=O)C(=O)N(CCN3CCOCC3)C2c2ccccc2OC)c(C)c1. The van der Waals surface area contributed by atoms with Crippen molar-refractivity contribution in [2.45, 2.75) is 13.0 Å². The van der Waals surface area contributed by atoms with E-state index in [4.69, 9.17) is 14.2 Å². The topological polar surface area (TPSA) is 85.4 Å². The molecule has 2 unspecified atom stereocenters. The molecule has 0 aliphatic carbocycles. The average Bonchev–Trinajstić information content (AvgIpc) is 3.12.